The van der Waals surface area contributed by atoms with Gasteiger partial charge in [0.2, 0.25) is 11.8 Å². The number of nitrogens with two attached hydrogens (primary N) is 1. The molecule has 0 aromatic carbocycles. The maximum Gasteiger partial charge on any atom is 0.330 e. The first kappa shape index (κ1) is 26.6. The Morgan fingerprint density at radius 2 is 1.88 bits per heavy atom. The number of H-pyrrole nitrogens is 1. The molecule has 33 heavy (non-hydrogen) atoms. The Bertz CT molecular complexity index is 909. The second-order valence-corrected chi connectivity index (χ2v) is 8.76. The van der Waals surface area contributed by atoms with E-state index in [2.05, 4.69) is 17.2 Å². The monoisotopic (exact) mass is 464 g/mol. The van der Waals surface area contributed by atoms with E-state index in [1.165, 1.54) is 9.47 Å². The van der Waals surface area contributed by atoms with Gasteiger partial charge in [0, 0.05) is 26.2 Å². The molecule has 1 saturated heterocycles. The fourth-order valence-corrected chi connectivity index (χ4v) is 4.18. The van der Waals surface area contributed by atoms with Crippen LogP contribution in [0.1, 0.15) is 65.7 Å². The number of carbonyl (C=O) groups excluding carboxylic acids is 2. The van der Waals surface area contributed by atoms with Gasteiger partial charge in [0.05, 0.1) is 12.5 Å². The molecule has 0 bridgehead atoms. The predicted molar refractivity (Wildman–Crippen MR) is 130 cm³/mol. The highest BCUT2D eigenvalue weighted by Gasteiger charge is 2.29. The second kappa shape index (κ2) is 13.2. The van der Waals surface area contributed by atoms with E-state index in [0.29, 0.717) is 45.6 Å². The van der Waals surface area contributed by atoms with Crippen LogP contribution < -0.4 is 27.2 Å². The summed E-state index contributed by atoms with van der Waals surface area (Å²) in [4.78, 5) is 56.4. The Labute approximate surface area is 195 Å². The fourth-order valence-electron chi connectivity index (χ4n) is 4.18. The normalized spacial score (nSPS) is 16.5. The molecule has 2 amide bonds. The number of aromatic nitrogens is 2. The van der Waals surface area contributed by atoms with E-state index in [-0.39, 0.29) is 35.8 Å². The van der Waals surface area contributed by atoms with Crippen LogP contribution in [-0.2, 0) is 16.1 Å². The van der Waals surface area contributed by atoms with Crippen molar-refractivity contribution in [2.75, 3.05) is 43.4 Å². The van der Waals surface area contributed by atoms with Crippen molar-refractivity contribution >= 4 is 23.3 Å². The Kier molecular flexibility index (Phi) is 10.6. The molecule has 0 spiro atoms. The molecule has 2 rings (SSSR count). The molecular formula is C23H40N6O4. The molecule has 1 aliphatic rings. The molecule has 10 heteroatoms. The number of likely N-dealkylation sites (tertiary alicyclic amines) is 1. The number of amides is 2. The molecule has 1 atom stereocenters. The van der Waals surface area contributed by atoms with E-state index in [4.69, 9.17) is 5.73 Å². The first-order chi connectivity index (χ1) is 15.8. The lowest BCUT2D eigenvalue weighted by molar-refractivity contribution is -0.128. The summed E-state index contributed by atoms with van der Waals surface area (Å²) in [6, 6.07) is 0. The van der Waals surface area contributed by atoms with Crippen LogP contribution in [0, 0.1) is 5.92 Å². The van der Waals surface area contributed by atoms with Gasteiger partial charge in [0.25, 0.3) is 5.56 Å². The lowest BCUT2D eigenvalue weighted by Gasteiger charge is -2.33. The summed E-state index contributed by atoms with van der Waals surface area (Å²) in [5, 5.41) is 2.99. The molecule has 0 saturated carbocycles. The van der Waals surface area contributed by atoms with Gasteiger partial charge < -0.3 is 16.0 Å². The van der Waals surface area contributed by atoms with Crippen LogP contribution in [0.2, 0.25) is 0 Å². The van der Waals surface area contributed by atoms with Gasteiger partial charge in [-0.1, -0.05) is 33.6 Å². The van der Waals surface area contributed by atoms with Gasteiger partial charge in [0.1, 0.15) is 5.82 Å². The molecule has 1 aliphatic heterocycles. The number of anilines is 2. The van der Waals surface area contributed by atoms with Crippen LogP contribution >= 0.6 is 0 Å². The number of hydrogen-bond donors (Lipinski definition) is 3. The van der Waals surface area contributed by atoms with Gasteiger partial charge in [-0.15, -0.1) is 0 Å². The molecule has 0 radical (unpaired) electrons. The van der Waals surface area contributed by atoms with E-state index < -0.39 is 11.2 Å². The number of hydrogen-bond acceptors (Lipinski definition) is 6. The van der Waals surface area contributed by atoms with Gasteiger partial charge in [-0.2, -0.15) is 0 Å². The quantitative estimate of drug-likeness (QED) is 0.399. The largest absolute Gasteiger partial charge is 0.383 e. The number of unbranched alkanes of at least 4 members (excludes halogenated alkanes) is 2. The third-order valence-electron chi connectivity index (χ3n) is 6.03. The molecule has 186 valence electrons. The minimum Gasteiger partial charge on any atom is -0.383 e. The average Bonchev–Trinajstić information content (AvgIpc) is 2.78. The van der Waals surface area contributed by atoms with Gasteiger partial charge >= 0.3 is 5.69 Å². The highest BCUT2D eigenvalue weighted by molar-refractivity contribution is 5.96. The zero-order valence-electron chi connectivity index (χ0n) is 20.3. The van der Waals surface area contributed by atoms with Crippen LogP contribution in [0.15, 0.2) is 9.59 Å². The molecule has 0 aliphatic carbocycles. The summed E-state index contributed by atoms with van der Waals surface area (Å²) in [6.45, 7) is 8.66. The number of rotatable bonds is 12. The number of carbonyl (C=O) groups is 2. The van der Waals surface area contributed by atoms with Crippen molar-refractivity contribution in [2.45, 2.75) is 72.3 Å². The SMILES string of the molecule is CCCCNC(=O)C1CCCN(CC(=O)N(CCCC)c2c(N)n(CCC)c(=O)[nH]c2=O)C1. The first-order valence-electron chi connectivity index (χ1n) is 12.3. The highest BCUT2D eigenvalue weighted by Crippen LogP contribution is 2.20. The Morgan fingerprint density at radius 3 is 2.55 bits per heavy atom. The Balaban J connectivity index is 2.20. The number of nitrogens with one attached hydrogen (secondary N) is 2. The van der Waals surface area contributed by atoms with Crippen molar-refractivity contribution in [3.63, 3.8) is 0 Å². The zero-order valence-corrected chi connectivity index (χ0v) is 20.3. The van der Waals surface area contributed by atoms with Crippen molar-refractivity contribution in [3.05, 3.63) is 20.8 Å². The number of piperidine rings is 1. The maximum absolute atomic E-state index is 13.4. The average molecular weight is 465 g/mol. The van der Waals surface area contributed by atoms with E-state index in [0.717, 1.165) is 32.1 Å². The van der Waals surface area contributed by atoms with E-state index in [9.17, 15) is 19.2 Å². The summed E-state index contributed by atoms with van der Waals surface area (Å²) in [7, 11) is 0. The van der Waals surface area contributed by atoms with Gasteiger partial charge in [-0.3, -0.25) is 28.8 Å². The summed E-state index contributed by atoms with van der Waals surface area (Å²) >= 11 is 0. The Hall–Kier alpha value is -2.62. The van der Waals surface area contributed by atoms with Crippen LogP contribution in [0.4, 0.5) is 11.5 Å². The second-order valence-electron chi connectivity index (χ2n) is 8.76. The molecule has 4 N–H and O–H groups in total. The smallest absolute Gasteiger partial charge is 0.330 e. The standard InChI is InChI=1S/C23H40N6O4/c1-4-7-11-25-21(31)17-10-9-13-27(15-17)16-18(30)28(14-8-5-2)19-20(24)29(12-6-3)23(33)26-22(19)32/h17H,4-16,24H2,1-3H3,(H,25,31)(H,26,32,33). The topological polar surface area (TPSA) is 134 Å². The van der Waals surface area contributed by atoms with Crippen molar-refractivity contribution in [1.82, 2.24) is 19.8 Å². The summed E-state index contributed by atoms with van der Waals surface area (Å²) in [5.74, 6) is -0.348. The molecule has 10 nitrogen and oxygen atoms in total. The van der Waals surface area contributed by atoms with E-state index in [1.807, 2.05) is 18.7 Å². The van der Waals surface area contributed by atoms with Gasteiger partial charge in [-0.25, -0.2) is 4.79 Å². The maximum atomic E-state index is 13.4. The van der Waals surface area contributed by atoms with Crippen molar-refractivity contribution in [3.8, 4) is 0 Å². The summed E-state index contributed by atoms with van der Waals surface area (Å²) < 4.78 is 1.31. The molecule has 1 aromatic rings. The highest BCUT2D eigenvalue weighted by atomic mass is 16.2. The van der Waals surface area contributed by atoms with Gasteiger partial charge in [-0.05, 0) is 38.6 Å². The van der Waals surface area contributed by atoms with Crippen LogP contribution in [0.5, 0.6) is 0 Å². The zero-order chi connectivity index (χ0) is 24.4. The van der Waals surface area contributed by atoms with Crippen molar-refractivity contribution < 1.29 is 9.59 Å². The molecule has 1 unspecified atom stereocenters. The third-order valence-corrected chi connectivity index (χ3v) is 6.03. The molecular weight excluding hydrogens is 424 g/mol. The fraction of sp³-hybridized carbons (Fsp3) is 0.739. The Morgan fingerprint density at radius 1 is 1.15 bits per heavy atom. The van der Waals surface area contributed by atoms with Crippen molar-refractivity contribution in [2.24, 2.45) is 5.92 Å². The van der Waals surface area contributed by atoms with Crippen molar-refractivity contribution in [1.29, 1.82) is 0 Å². The predicted octanol–water partition coefficient (Wildman–Crippen LogP) is 1.29. The number of aromatic amines is 1. The first-order valence-corrected chi connectivity index (χ1v) is 12.3. The number of nitrogen functional groups attached to an aromatic ring is 1. The lowest BCUT2D eigenvalue weighted by atomic mass is 9.97. The summed E-state index contributed by atoms with van der Waals surface area (Å²) in [5.41, 5.74) is 5.03. The summed E-state index contributed by atoms with van der Waals surface area (Å²) in [6.07, 6.45) is 5.79. The molecule has 2 heterocycles. The van der Waals surface area contributed by atoms with Crippen LogP contribution in [0.3, 0.4) is 0 Å². The third kappa shape index (κ3) is 7.18. The van der Waals surface area contributed by atoms with Crippen LogP contribution in [-0.4, -0.2) is 59.0 Å². The molecule has 1 aromatic heterocycles. The number of nitrogens with zero attached hydrogens (tertiary/aromatic N) is 3. The minimum atomic E-state index is -0.652. The lowest BCUT2D eigenvalue weighted by Crippen LogP contribution is -2.49. The molecule has 1 fully saturated rings. The minimum absolute atomic E-state index is 0.0156. The van der Waals surface area contributed by atoms with Gasteiger partial charge in [0.15, 0.2) is 5.69 Å². The van der Waals surface area contributed by atoms with E-state index >= 15 is 0 Å². The van der Waals surface area contributed by atoms with Crippen LogP contribution in [0.25, 0.3) is 0 Å². The van der Waals surface area contributed by atoms with E-state index in [1.54, 1.807) is 0 Å².